The van der Waals surface area contributed by atoms with Gasteiger partial charge in [0.1, 0.15) is 11.6 Å². The lowest BCUT2D eigenvalue weighted by Gasteiger charge is -2.33. The number of piperazine rings is 1. The maximum atomic E-state index is 14.0. The molecule has 1 saturated heterocycles. The number of pyridine rings is 1. The molecule has 1 amide bonds. The number of benzene rings is 2. The first-order valence-corrected chi connectivity index (χ1v) is 10.9. The Bertz CT molecular complexity index is 1230. The van der Waals surface area contributed by atoms with E-state index < -0.39 is 30.4 Å². The highest BCUT2D eigenvalue weighted by Crippen LogP contribution is 2.28. The number of aromatic nitrogens is 1. The van der Waals surface area contributed by atoms with Gasteiger partial charge in [0.2, 0.25) is 0 Å². The Morgan fingerprint density at radius 3 is 2.51 bits per heavy atom. The molecular weight excluding hydrogens is 468 g/mol. The molecule has 1 N–H and O–H groups in total. The van der Waals surface area contributed by atoms with Gasteiger partial charge in [0.25, 0.3) is 5.91 Å². The summed E-state index contributed by atoms with van der Waals surface area (Å²) in [6.45, 7) is 5.20. The van der Waals surface area contributed by atoms with E-state index in [1.807, 2.05) is 19.1 Å². The van der Waals surface area contributed by atoms with Crippen LogP contribution in [0.1, 0.15) is 5.56 Å². The largest absolute Gasteiger partial charge is 0.573 e. The summed E-state index contributed by atoms with van der Waals surface area (Å²) < 4.78 is 59.5. The number of rotatable bonds is 6. The normalized spacial score (nSPS) is 14.7. The van der Waals surface area contributed by atoms with Crippen LogP contribution in [0.3, 0.4) is 0 Å². The topological polar surface area (TPSA) is 66.9 Å². The van der Waals surface area contributed by atoms with Gasteiger partial charge in [0, 0.05) is 43.3 Å². The van der Waals surface area contributed by atoms with Crippen LogP contribution in [0.5, 0.6) is 11.5 Å². The smallest absolute Gasteiger partial charge is 0.481 e. The number of ether oxygens (including phenoxy) is 2. The minimum atomic E-state index is -4.94. The summed E-state index contributed by atoms with van der Waals surface area (Å²) in [4.78, 5) is 21.6. The van der Waals surface area contributed by atoms with E-state index in [0.717, 1.165) is 60.6 Å². The third-order valence-electron chi connectivity index (χ3n) is 5.61. The predicted octanol–water partition coefficient (Wildman–Crippen LogP) is 4.35. The van der Waals surface area contributed by atoms with Gasteiger partial charge in [-0.3, -0.25) is 4.79 Å². The van der Waals surface area contributed by atoms with Gasteiger partial charge in [-0.25, -0.2) is 9.37 Å². The van der Waals surface area contributed by atoms with Crippen LogP contribution in [0, 0.1) is 12.7 Å². The second-order valence-electron chi connectivity index (χ2n) is 8.30. The number of anilines is 2. The molecule has 0 unspecified atom stereocenters. The van der Waals surface area contributed by atoms with Gasteiger partial charge in [0.15, 0.2) is 18.2 Å². The average Bonchev–Trinajstić information content (AvgIpc) is 2.78. The fourth-order valence-corrected chi connectivity index (χ4v) is 3.79. The maximum absolute atomic E-state index is 14.0. The van der Waals surface area contributed by atoms with Crippen LogP contribution in [0.4, 0.5) is 29.1 Å². The summed E-state index contributed by atoms with van der Waals surface area (Å²) in [6.07, 6.45) is -4.94. The molecule has 0 atom stereocenters. The van der Waals surface area contributed by atoms with E-state index in [9.17, 15) is 22.4 Å². The summed E-state index contributed by atoms with van der Waals surface area (Å²) >= 11 is 0. The van der Waals surface area contributed by atoms with Crippen molar-refractivity contribution in [2.45, 2.75) is 13.3 Å². The van der Waals surface area contributed by atoms with E-state index in [1.165, 1.54) is 0 Å². The number of alkyl halides is 3. The first-order chi connectivity index (χ1) is 16.6. The van der Waals surface area contributed by atoms with Crippen molar-refractivity contribution in [2.24, 2.45) is 0 Å². The lowest BCUT2D eigenvalue weighted by molar-refractivity contribution is -0.274. The molecule has 1 fully saturated rings. The van der Waals surface area contributed by atoms with Crippen LogP contribution in [0.25, 0.3) is 10.9 Å². The zero-order chi connectivity index (χ0) is 25.2. The molecule has 0 aliphatic carbocycles. The van der Waals surface area contributed by atoms with Crippen molar-refractivity contribution in [3.05, 3.63) is 53.8 Å². The number of hydrogen-bond acceptors (Lipinski definition) is 6. The first-order valence-electron chi connectivity index (χ1n) is 10.9. The van der Waals surface area contributed by atoms with Gasteiger partial charge in [-0.1, -0.05) is 0 Å². The second kappa shape index (κ2) is 9.95. The van der Waals surface area contributed by atoms with E-state index in [2.05, 4.69) is 26.9 Å². The standard InChI is InChI=1S/C24H24F4N4O3/c1-15-11-22(32-9-7-31(2)8-10-32)30-20-5-3-16(12-18(15)20)29-23(33)14-34-21-6-4-17(13-19(21)25)35-24(26,27)28/h3-6,11-13H,7-10,14H2,1-2H3,(H,29,33). The van der Waals surface area contributed by atoms with E-state index in [-0.39, 0.29) is 5.75 Å². The number of carbonyl (C=O) groups excluding carboxylic acids is 1. The van der Waals surface area contributed by atoms with Gasteiger partial charge in [-0.05, 0) is 55.9 Å². The Morgan fingerprint density at radius 2 is 1.83 bits per heavy atom. The van der Waals surface area contributed by atoms with Gasteiger partial charge >= 0.3 is 6.36 Å². The van der Waals surface area contributed by atoms with Crippen LogP contribution < -0.4 is 19.7 Å². The van der Waals surface area contributed by atoms with Gasteiger partial charge in [-0.15, -0.1) is 13.2 Å². The summed E-state index contributed by atoms with van der Waals surface area (Å²) in [6, 6.07) is 9.76. The Hall–Kier alpha value is -3.60. The number of amides is 1. The molecule has 2 aromatic carbocycles. The van der Waals surface area contributed by atoms with Crippen molar-refractivity contribution in [1.29, 1.82) is 0 Å². The molecule has 0 saturated carbocycles. The van der Waals surface area contributed by atoms with Crippen LogP contribution in [-0.2, 0) is 4.79 Å². The number of carbonyl (C=O) groups is 1. The van der Waals surface area contributed by atoms with Gasteiger partial charge in [-0.2, -0.15) is 0 Å². The molecule has 3 aromatic rings. The summed E-state index contributed by atoms with van der Waals surface area (Å²) in [5.41, 5.74) is 2.33. The van der Waals surface area contributed by atoms with Gasteiger partial charge in [0.05, 0.1) is 5.52 Å². The highest BCUT2D eigenvalue weighted by Gasteiger charge is 2.31. The highest BCUT2D eigenvalue weighted by atomic mass is 19.4. The molecule has 2 heterocycles. The fraction of sp³-hybridized carbons (Fsp3) is 0.333. The maximum Gasteiger partial charge on any atom is 0.573 e. The summed E-state index contributed by atoms with van der Waals surface area (Å²) in [7, 11) is 2.09. The zero-order valence-corrected chi connectivity index (χ0v) is 19.2. The minimum Gasteiger partial charge on any atom is -0.481 e. The van der Waals surface area contributed by atoms with Crippen molar-refractivity contribution in [3.63, 3.8) is 0 Å². The van der Waals surface area contributed by atoms with E-state index >= 15 is 0 Å². The highest BCUT2D eigenvalue weighted by molar-refractivity contribution is 5.95. The Morgan fingerprint density at radius 1 is 1.09 bits per heavy atom. The molecule has 0 bridgehead atoms. The van der Waals surface area contributed by atoms with Crippen molar-refractivity contribution >= 4 is 28.3 Å². The van der Waals surface area contributed by atoms with Gasteiger partial charge < -0.3 is 24.6 Å². The van der Waals surface area contributed by atoms with Crippen LogP contribution in [-0.4, -0.2) is 62.0 Å². The number of nitrogens with zero attached hydrogens (tertiary/aromatic N) is 3. The lowest BCUT2D eigenvalue weighted by atomic mass is 10.1. The quantitative estimate of drug-likeness (QED) is 0.517. The molecule has 186 valence electrons. The summed E-state index contributed by atoms with van der Waals surface area (Å²) in [5.74, 6) is -1.81. The lowest BCUT2D eigenvalue weighted by Crippen LogP contribution is -2.44. The summed E-state index contributed by atoms with van der Waals surface area (Å²) in [5, 5.41) is 3.56. The van der Waals surface area contributed by atoms with Crippen molar-refractivity contribution < 1.29 is 31.8 Å². The Kier molecular flexibility index (Phi) is 6.97. The van der Waals surface area contributed by atoms with E-state index in [1.54, 1.807) is 12.1 Å². The molecule has 0 radical (unpaired) electrons. The number of nitrogens with one attached hydrogen (secondary N) is 1. The SMILES string of the molecule is Cc1cc(N2CCN(C)CC2)nc2ccc(NC(=O)COc3ccc(OC(F)(F)F)cc3F)cc12. The molecule has 1 aromatic heterocycles. The Labute approximate surface area is 199 Å². The number of likely N-dealkylation sites (N-methyl/N-ethyl adjacent to an activating group) is 1. The van der Waals surface area contributed by atoms with Crippen LogP contribution in [0.2, 0.25) is 0 Å². The Balaban J connectivity index is 1.39. The number of fused-ring (bicyclic) bond motifs is 1. The molecule has 35 heavy (non-hydrogen) atoms. The predicted molar refractivity (Wildman–Crippen MR) is 123 cm³/mol. The zero-order valence-electron chi connectivity index (χ0n) is 19.2. The number of halogens is 4. The first kappa shape index (κ1) is 24.5. The molecule has 1 aliphatic rings. The van der Waals surface area contributed by atoms with Crippen molar-refractivity contribution in [2.75, 3.05) is 50.1 Å². The third kappa shape index (κ3) is 6.30. The number of aryl methyl sites for hydroxylation is 1. The minimum absolute atomic E-state index is 0.371. The molecule has 11 heteroatoms. The third-order valence-corrected chi connectivity index (χ3v) is 5.61. The molecule has 7 nitrogen and oxygen atoms in total. The number of hydrogen-bond donors (Lipinski definition) is 1. The van der Waals surface area contributed by atoms with Crippen LogP contribution in [0.15, 0.2) is 42.5 Å². The van der Waals surface area contributed by atoms with Crippen molar-refractivity contribution in [1.82, 2.24) is 9.88 Å². The van der Waals surface area contributed by atoms with Crippen LogP contribution >= 0.6 is 0 Å². The second-order valence-corrected chi connectivity index (χ2v) is 8.30. The monoisotopic (exact) mass is 492 g/mol. The molecule has 1 aliphatic heterocycles. The van der Waals surface area contributed by atoms with E-state index in [0.29, 0.717) is 11.8 Å². The molecule has 4 rings (SSSR count). The van der Waals surface area contributed by atoms with Crippen molar-refractivity contribution in [3.8, 4) is 11.5 Å². The van der Waals surface area contributed by atoms with E-state index in [4.69, 9.17) is 9.72 Å². The molecule has 0 spiro atoms. The fourth-order valence-electron chi connectivity index (χ4n) is 3.79. The molecular formula is C24H24F4N4O3. The average molecular weight is 492 g/mol.